The number of hydrazine groups is 1. The Morgan fingerprint density at radius 1 is 1.11 bits per heavy atom. The number of nitrogens with zero attached hydrogens (tertiary/aromatic N) is 1. The van der Waals surface area contributed by atoms with Crippen molar-refractivity contribution >= 4 is 16.9 Å². The van der Waals surface area contributed by atoms with Gasteiger partial charge in [0.2, 0.25) is 0 Å². The zero-order chi connectivity index (χ0) is 19.1. The summed E-state index contributed by atoms with van der Waals surface area (Å²) in [4.78, 5) is 14.8. The van der Waals surface area contributed by atoms with E-state index >= 15 is 0 Å². The molecule has 0 fully saturated rings. The van der Waals surface area contributed by atoms with Gasteiger partial charge in [-0.05, 0) is 17.2 Å². The molecule has 0 amide bonds. The number of aromatic nitrogens is 1. The smallest absolute Gasteiger partial charge is 0.321 e. The van der Waals surface area contributed by atoms with E-state index in [9.17, 15) is 9.90 Å². The van der Waals surface area contributed by atoms with Crippen LogP contribution in [-0.4, -0.2) is 47.2 Å². The number of aliphatic carboxylic acids is 1. The summed E-state index contributed by atoms with van der Waals surface area (Å²) in [6.07, 6.45) is 2.34. The molecule has 2 aromatic carbocycles. The highest BCUT2D eigenvalue weighted by molar-refractivity contribution is 5.84. The molecule has 0 aliphatic carbocycles. The molecular formula is C21H26N4O2. The summed E-state index contributed by atoms with van der Waals surface area (Å²) >= 11 is 0. The topological polar surface area (TPSA) is 80.4 Å². The standard InChI is InChI=1S/C21H26N4O2/c1-25(15-16-7-3-2-4-8-16)24-12-11-22-20(21(26)27)13-17-14-23-19-10-6-5-9-18(17)19/h2-10,14,20,22-24H,11-13,15H2,1H3,(H,26,27)/t20-/m0/s1. The number of para-hydroxylation sites is 1. The predicted molar refractivity (Wildman–Crippen MR) is 107 cm³/mol. The SMILES string of the molecule is CN(Cc1ccccc1)NCCN[C@@H](Cc1c[nH]c2ccccc12)C(=O)O. The number of aromatic amines is 1. The molecule has 0 bridgehead atoms. The molecule has 0 saturated heterocycles. The lowest BCUT2D eigenvalue weighted by Crippen LogP contribution is -2.44. The van der Waals surface area contributed by atoms with Gasteiger partial charge in [0.1, 0.15) is 6.04 Å². The minimum absolute atomic E-state index is 0.444. The lowest BCUT2D eigenvalue weighted by Gasteiger charge is -2.20. The molecule has 1 heterocycles. The van der Waals surface area contributed by atoms with Crippen molar-refractivity contribution < 1.29 is 9.90 Å². The van der Waals surface area contributed by atoms with E-state index in [0.717, 1.165) is 23.0 Å². The first-order valence-corrected chi connectivity index (χ1v) is 9.13. The highest BCUT2D eigenvalue weighted by atomic mass is 16.4. The Hall–Kier alpha value is -2.67. The molecule has 6 heteroatoms. The molecule has 0 unspecified atom stereocenters. The summed E-state index contributed by atoms with van der Waals surface area (Å²) in [5.41, 5.74) is 6.55. The largest absolute Gasteiger partial charge is 0.480 e. The molecule has 0 radical (unpaired) electrons. The molecule has 1 aromatic heterocycles. The maximum atomic E-state index is 11.6. The zero-order valence-electron chi connectivity index (χ0n) is 15.5. The molecule has 0 saturated carbocycles. The van der Waals surface area contributed by atoms with Crippen LogP contribution in [0.4, 0.5) is 0 Å². The van der Waals surface area contributed by atoms with Gasteiger partial charge in [-0.1, -0.05) is 48.5 Å². The molecule has 1 atom stereocenters. The molecule has 0 aliphatic rings. The first-order valence-electron chi connectivity index (χ1n) is 9.13. The summed E-state index contributed by atoms with van der Waals surface area (Å²) < 4.78 is 0. The molecule has 3 aromatic rings. The van der Waals surface area contributed by atoms with Crippen LogP contribution in [0.3, 0.4) is 0 Å². The van der Waals surface area contributed by atoms with Crippen LogP contribution in [0.2, 0.25) is 0 Å². The third-order valence-electron chi connectivity index (χ3n) is 4.56. The van der Waals surface area contributed by atoms with E-state index in [1.165, 1.54) is 5.56 Å². The third-order valence-corrected chi connectivity index (χ3v) is 4.56. The predicted octanol–water partition coefficient (Wildman–Crippen LogP) is 2.39. The molecule has 142 valence electrons. The fourth-order valence-electron chi connectivity index (χ4n) is 3.17. The van der Waals surface area contributed by atoms with Gasteiger partial charge in [0.05, 0.1) is 0 Å². The highest BCUT2D eigenvalue weighted by Crippen LogP contribution is 2.19. The summed E-state index contributed by atoms with van der Waals surface area (Å²) in [5, 5.41) is 15.8. The van der Waals surface area contributed by atoms with Crippen LogP contribution in [0, 0.1) is 0 Å². The number of hydrogen-bond donors (Lipinski definition) is 4. The van der Waals surface area contributed by atoms with E-state index in [1.54, 1.807) is 0 Å². The van der Waals surface area contributed by atoms with Gasteiger partial charge in [0.25, 0.3) is 0 Å². The minimum atomic E-state index is -0.835. The maximum absolute atomic E-state index is 11.6. The van der Waals surface area contributed by atoms with Gasteiger partial charge < -0.3 is 15.4 Å². The van der Waals surface area contributed by atoms with E-state index in [2.05, 4.69) is 27.9 Å². The lowest BCUT2D eigenvalue weighted by molar-refractivity contribution is -0.139. The number of H-pyrrole nitrogens is 1. The number of hydrogen-bond acceptors (Lipinski definition) is 4. The number of benzene rings is 2. The van der Waals surface area contributed by atoms with Crippen LogP contribution in [0.15, 0.2) is 60.8 Å². The fourth-order valence-corrected chi connectivity index (χ4v) is 3.17. The molecule has 0 aliphatic heterocycles. The minimum Gasteiger partial charge on any atom is -0.480 e. The Kier molecular flexibility index (Phi) is 6.59. The van der Waals surface area contributed by atoms with Crippen molar-refractivity contribution in [2.45, 2.75) is 19.0 Å². The number of carbonyl (C=O) groups is 1. The maximum Gasteiger partial charge on any atom is 0.321 e. The quantitative estimate of drug-likeness (QED) is 0.327. The van der Waals surface area contributed by atoms with Gasteiger partial charge in [-0.25, -0.2) is 5.01 Å². The third kappa shape index (κ3) is 5.40. The van der Waals surface area contributed by atoms with Crippen molar-refractivity contribution in [3.05, 3.63) is 71.9 Å². The number of fused-ring (bicyclic) bond motifs is 1. The summed E-state index contributed by atoms with van der Waals surface area (Å²) in [7, 11) is 1.98. The van der Waals surface area contributed by atoms with Crippen molar-refractivity contribution in [1.29, 1.82) is 0 Å². The Morgan fingerprint density at radius 2 is 1.85 bits per heavy atom. The molecular weight excluding hydrogens is 340 g/mol. The van der Waals surface area contributed by atoms with Crippen molar-refractivity contribution in [2.75, 3.05) is 20.1 Å². The monoisotopic (exact) mass is 366 g/mol. The van der Waals surface area contributed by atoms with Crippen LogP contribution in [0.5, 0.6) is 0 Å². The molecule has 27 heavy (non-hydrogen) atoms. The average molecular weight is 366 g/mol. The lowest BCUT2D eigenvalue weighted by atomic mass is 10.1. The van der Waals surface area contributed by atoms with Crippen molar-refractivity contribution in [2.24, 2.45) is 0 Å². The number of rotatable bonds is 10. The molecule has 0 spiro atoms. The van der Waals surface area contributed by atoms with Crippen LogP contribution in [-0.2, 0) is 17.8 Å². The van der Waals surface area contributed by atoms with Crippen LogP contribution in [0.25, 0.3) is 10.9 Å². The Morgan fingerprint density at radius 3 is 2.63 bits per heavy atom. The molecule has 6 nitrogen and oxygen atoms in total. The highest BCUT2D eigenvalue weighted by Gasteiger charge is 2.18. The zero-order valence-corrected chi connectivity index (χ0v) is 15.5. The summed E-state index contributed by atoms with van der Waals surface area (Å²) in [6.45, 7) is 2.01. The van der Waals surface area contributed by atoms with Crippen molar-refractivity contribution in [3.63, 3.8) is 0 Å². The summed E-state index contributed by atoms with van der Waals surface area (Å²) in [5.74, 6) is -0.835. The van der Waals surface area contributed by atoms with E-state index in [1.807, 2.05) is 60.7 Å². The van der Waals surface area contributed by atoms with Crippen LogP contribution < -0.4 is 10.7 Å². The van der Waals surface area contributed by atoms with Gasteiger partial charge in [0.15, 0.2) is 0 Å². The van der Waals surface area contributed by atoms with E-state index in [4.69, 9.17) is 0 Å². The second-order valence-corrected chi connectivity index (χ2v) is 6.66. The van der Waals surface area contributed by atoms with E-state index in [-0.39, 0.29) is 0 Å². The van der Waals surface area contributed by atoms with Gasteiger partial charge in [-0.2, -0.15) is 0 Å². The fraction of sp³-hybridized carbons (Fsp3) is 0.286. The number of carboxylic acids is 1. The van der Waals surface area contributed by atoms with Crippen LogP contribution in [0.1, 0.15) is 11.1 Å². The van der Waals surface area contributed by atoms with Gasteiger partial charge in [-0.3, -0.25) is 10.2 Å². The van der Waals surface area contributed by atoms with Gasteiger partial charge in [0, 0.05) is 50.2 Å². The van der Waals surface area contributed by atoms with Gasteiger partial charge >= 0.3 is 5.97 Å². The summed E-state index contributed by atoms with van der Waals surface area (Å²) in [6, 6.07) is 17.5. The van der Waals surface area contributed by atoms with Gasteiger partial charge in [-0.15, -0.1) is 0 Å². The van der Waals surface area contributed by atoms with E-state index in [0.29, 0.717) is 19.5 Å². The van der Waals surface area contributed by atoms with Crippen LogP contribution >= 0.6 is 0 Å². The average Bonchev–Trinajstić information content (AvgIpc) is 3.08. The normalized spacial score (nSPS) is 12.5. The number of carboxylic acid groups (broad SMARTS) is 1. The van der Waals surface area contributed by atoms with Crippen molar-refractivity contribution in [1.82, 2.24) is 20.7 Å². The number of nitrogens with one attached hydrogen (secondary N) is 3. The Balaban J connectivity index is 1.47. The molecule has 3 rings (SSSR count). The Bertz CT molecular complexity index is 863. The van der Waals surface area contributed by atoms with Crippen molar-refractivity contribution in [3.8, 4) is 0 Å². The Labute approximate surface area is 159 Å². The molecule has 4 N–H and O–H groups in total. The first-order chi connectivity index (χ1) is 13.1. The second kappa shape index (κ2) is 9.32. The second-order valence-electron chi connectivity index (χ2n) is 6.66. The van der Waals surface area contributed by atoms with E-state index < -0.39 is 12.0 Å². The first kappa shape index (κ1) is 19.1.